The maximum absolute atomic E-state index is 13.9. The van der Waals surface area contributed by atoms with Gasteiger partial charge in [0.2, 0.25) is 5.62 Å². The number of benzene rings is 3. The molecule has 2 heterocycles. The third-order valence-corrected chi connectivity index (χ3v) is 7.06. The van der Waals surface area contributed by atoms with Gasteiger partial charge in [0.25, 0.3) is 11.2 Å². The van der Waals surface area contributed by atoms with E-state index >= 15 is 0 Å². The van der Waals surface area contributed by atoms with Crippen molar-refractivity contribution >= 4 is 23.4 Å². The van der Waals surface area contributed by atoms with Gasteiger partial charge in [-0.2, -0.15) is 0 Å². The number of nitrogens with one attached hydrogen (secondary N) is 1. The lowest BCUT2D eigenvalue weighted by Crippen LogP contribution is -2.40. The third-order valence-electron chi connectivity index (χ3n) is 7.06. The fourth-order valence-electron chi connectivity index (χ4n) is 4.91. The van der Waals surface area contributed by atoms with Crippen LogP contribution in [0, 0.1) is 10.1 Å². The molecule has 11 nitrogen and oxygen atoms in total. The molecule has 1 aromatic heterocycles. The van der Waals surface area contributed by atoms with Crippen LogP contribution in [0.4, 0.5) is 11.4 Å². The van der Waals surface area contributed by atoms with Crippen LogP contribution in [0.15, 0.2) is 93.9 Å². The quantitative estimate of drug-likeness (QED) is 0.181. The van der Waals surface area contributed by atoms with Crippen LogP contribution in [0.25, 0.3) is 6.08 Å². The lowest BCUT2D eigenvalue weighted by molar-refractivity contribution is -0.384. The van der Waals surface area contributed by atoms with E-state index < -0.39 is 16.9 Å². The van der Waals surface area contributed by atoms with Crippen LogP contribution < -0.4 is 26.2 Å². The molecule has 11 heteroatoms. The van der Waals surface area contributed by atoms with Crippen molar-refractivity contribution in [3.63, 3.8) is 0 Å². The van der Waals surface area contributed by atoms with Crippen LogP contribution in [0.3, 0.4) is 0 Å². The number of nitrogens with zero attached hydrogens (tertiary/aromatic N) is 4. The minimum Gasteiger partial charge on any atom is -0.489 e. The Morgan fingerprint density at radius 2 is 1.84 bits per heavy atom. The van der Waals surface area contributed by atoms with Crippen molar-refractivity contribution in [3.05, 3.63) is 132 Å². The predicted molar refractivity (Wildman–Crippen MR) is 162 cm³/mol. The van der Waals surface area contributed by atoms with E-state index in [0.717, 1.165) is 16.8 Å². The summed E-state index contributed by atoms with van der Waals surface area (Å²) in [4.78, 5) is 47.1. The van der Waals surface area contributed by atoms with Crippen LogP contribution in [0.2, 0.25) is 0 Å². The molecule has 220 valence electrons. The highest BCUT2D eigenvalue weighted by Crippen LogP contribution is 2.31. The van der Waals surface area contributed by atoms with E-state index in [2.05, 4.69) is 9.98 Å². The zero-order valence-corrected chi connectivity index (χ0v) is 24.2. The van der Waals surface area contributed by atoms with E-state index in [1.807, 2.05) is 55.4 Å². The van der Waals surface area contributed by atoms with Gasteiger partial charge in [0.05, 0.1) is 28.8 Å². The molecule has 1 aliphatic rings. The van der Waals surface area contributed by atoms with E-state index in [4.69, 9.17) is 9.47 Å². The first-order valence-electron chi connectivity index (χ1n) is 13.7. The summed E-state index contributed by atoms with van der Waals surface area (Å²) in [7, 11) is 3.88. The number of H-pyrrole nitrogens is 1. The van der Waals surface area contributed by atoms with Gasteiger partial charge >= 0.3 is 5.97 Å². The number of nitro benzene ring substituents is 1. The van der Waals surface area contributed by atoms with Crippen LogP contribution in [0.1, 0.15) is 36.6 Å². The Labute approximate surface area is 247 Å². The van der Waals surface area contributed by atoms with Gasteiger partial charge in [-0.15, -0.1) is 0 Å². The average molecular weight is 582 g/mol. The number of non-ortho nitro benzene ring substituents is 1. The van der Waals surface area contributed by atoms with Crippen LogP contribution >= 0.6 is 0 Å². The molecule has 0 saturated heterocycles. The van der Waals surface area contributed by atoms with Gasteiger partial charge in [-0.25, -0.2) is 9.79 Å². The normalized spacial score (nSPS) is 14.6. The number of allylic oxidation sites excluding steroid dienone is 1. The minimum absolute atomic E-state index is 0.0135. The summed E-state index contributed by atoms with van der Waals surface area (Å²) in [6.07, 6.45) is 1.70. The number of rotatable bonds is 9. The Kier molecular flexibility index (Phi) is 8.24. The fourth-order valence-corrected chi connectivity index (χ4v) is 4.91. The fraction of sp³-hybridized carbons (Fsp3) is 0.219. The highest BCUT2D eigenvalue weighted by atomic mass is 16.6. The highest BCUT2D eigenvalue weighted by Gasteiger charge is 2.33. The standard InChI is InChI=1S/C32H31N5O6/c1-5-42-31(39)28-20(2)33-32-34-27(30(38)36(32)29(28)23-11-15-24(16-12-23)35(3)4)18-22-7-6-8-26(17-22)43-19-21-9-13-25(14-10-21)37(40)41/h6-18,29H,5,19H2,1-4H3,(H,33,34)/b27-18-. The second-order valence-corrected chi connectivity index (χ2v) is 10.2. The summed E-state index contributed by atoms with van der Waals surface area (Å²) in [5.41, 5.74) is 3.99. The van der Waals surface area contributed by atoms with Crippen molar-refractivity contribution in [1.29, 1.82) is 0 Å². The van der Waals surface area contributed by atoms with E-state index in [9.17, 15) is 19.7 Å². The molecule has 1 unspecified atom stereocenters. The molecular weight excluding hydrogens is 550 g/mol. The van der Waals surface area contributed by atoms with E-state index in [0.29, 0.717) is 33.6 Å². The van der Waals surface area contributed by atoms with Gasteiger partial charge in [0.1, 0.15) is 17.7 Å². The minimum atomic E-state index is -0.731. The summed E-state index contributed by atoms with van der Waals surface area (Å²) < 4.78 is 12.8. The first kappa shape index (κ1) is 29.1. The second-order valence-electron chi connectivity index (χ2n) is 10.2. The van der Waals surface area contributed by atoms with Crippen molar-refractivity contribution in [2.75, 3.05) is 25.6 Å². The number of nitro groups is 1. The number of hydrogen-bond donors (Lipinski definition) is 1. The Balaban J connectivity index is 1.50. The summed E-state index contributed by atoms with van der Waals surface area (Å²) in [5, 5.41) is 11.2. The number of aromatic nitrogens is 2. The van der Waals surface area contributed by atoms with E-state index in [1.165, 1.54) is 16.7 Å². The summed E-state index contributed by atoms with van der Waals surface area (Å²) in [6.45, 7) is 3.88. The van der Waals surface area contributed by atoms with Gasteiger partial charge in [-0.3, -0.25) is 19.5 Å². The SMILES string of the molecule is CCOC(=O)C1=C(C)N=c2[nH]/c(=C\c3cccc(OCc4ccc([N+](=O)[O-])cc4)c3)c(=O)n2C1c1ccc(N(C)C)cc1. The number of anilines is 1. The average Bonchev–Trinajstić information content (AvgIpc) is 3.29. The molecule has 0 saturated carbocycles. The number of hydrogen-bond acceptors (Lipinski definition) is 8. The van der Waals surface area contributed by atoms with Gasteiger partial charge in [-0.05, 0) is 73.0 Å². The van der Waals surface area contributed by atoms with Crippen molar-refractivity contribution in [1.82, 2.24) is 9.55 Å². The Hall–Kier alpha value is -5.45. The lowest BCUT2D eigenvalue weighted by atomic mass is 9.95. The van der Waals surface area contributed by atoms with Crippen molar-refractivity contribution in [2.24, 2.45) is 4.99 Å². The topological polar surface area (TPSA) is 132 Å². The van der Waals surface area contributed by atoms with Crippen molar-refractivity contribution in [2.45, 2.75) is 26.5 Å². The second kappa shape index (κ2) is 12.2. The number of fused-ring (bicyclic) bond motifs is 1. The molecule has 0 radical (unpaired) electrons. The number of ether oxygens (including phenoxy) is 2. The maximum Gasteiger partial charge on any atom is 0.338 e. The van der Waals surface area contributed by atoms with Gasteiger partial charge in [-0.1, -0.05) is 24.3 Å². The third kappa shape index (κ3) is 6.10. The lowest BCUT2D eigenvalue weighted by Gasteiger charge is -2.25. The number of carbonyl (C=O) groups is 1. The molecule has 43 heavy (non-hydrogen) atoms. The van der Waals surface area contributed by atoms with Gasteiger partial charge in [0, 0.05) is 31.9 Å². The van der Waals surface area contributed by atoms with Crippen LogP contribution in [-0.4, -0.2) is 41.1 Å². The zero-order valence-electron chi connectivity index (χ0n) is 24.2. The van der Waals surface area contributed by atoms with E-state index in [-0.39, 0.29) is 24.5 Å². The molecule has 4 aromatic rings. The Morgan fingerprint density at radius 3 is 2.49 bits per heavy atom. The molecule has 3 aromatic carbocycles. The largest absolute Gasteiger partial charge is 0.489 e. The number of esters is 1. The monoisotopic (exact) mass is 581 g/mol. The Bertz CT molecular complexity index is 1890. The van der Waals surface area contributed by atoms with Crippen LogP contribution in [-0.2, 0) is 16.1 Å². The van der Waals surface area contributed by atoms with Gasteiger partial charge < -0.3 is 19.4 Å². The summed E-state index contributed by atoms with van der Waals surface area (Å²) in [6, 6.07) is 20.3. The number of imidazole rings is 1. The molecule has 0 amide bonds. The first-order chi connectivity index (χ1) is 20.7. The van der Waals surface area contributed by atoms with Crippen molar-refractivity contribution in [3.8, 4) is 5.75 Å². The van der Waals surface area contributed by atoms with Gasteiger partial charge in [0.15, 0.2) is 0 Å². The molecule has 1 aliphatic heterocycles. The molecule has 0 bridgehead atoms. The smallest absolute Gasteiger partial charge is 0.338 e. The van der Waals surface area contributed by atoms with Crippen molar-refractivity contribution < 1.29 is 19.2 Å². The molecule has 5 rings (SSSR count). The van der Waals surface area contributed by atoms with E-state index in [1.54, 1.807) is 44.2 Å². The first-order valence-corrected chi connectivity index (χ1v) is 13.7. The molecular formula is C32H31N5O6. The molecule has 0 spiro atoms. The molecule has 0 aliphatic carbocycles. The summed E-state index contributed by atoms with van der Waals surface area (Å²) >= 11 is 0. The Morgan fingerprint density at radius 1 is 1.12 bits per heavy atom. The number of aromatic amines is 1. The maximum atomic E-state index is 13.9. The zero-order chi connectivity index (χ0) is 30.7. The van der Waals surface area contributed by atoms with Crippen LogP contribution in [0.5, 0.6) is 5.75 Å². The molecule has 1 N–H and O–H groups in total. The molecule has 1 atom stereocenters. The predicted octanol–water partition coefficient (Wildman–Crippen LogP) is 3.62. The molecule has 0 fully saturated rings. The highest BCUT2D eigenvalue weighted by molar-refractivity contribution is 5.91. The number of carbonyl (C=O) groups excluding carboxylic acids is 1. The summed E-state index contributed by atoms with van der Waals surface area (Å²) in [5.74, 6) is 0.0433.